The molecule has 0 spiro atoms. The van der Waals surface area contributed by atoms with Gasteiger partial charge in [0.2, 0.25) is 0 Å². The highest BCUT2D eigenvalue weighted by molar-refractivity contribution is 5.90. The Kier molecular flexibility index (Phi) is 5.16. The molecule has 0 bridgehead atoms. The zero-order chi connectivity index (χ0) is 13.5. The second kappa shape index (κ2) is 7.10. The molecule has 0 amide bonds. The number of pyridine rings is 1. The zero-order valence-electron chi connectivity index (χ0n) is 11.9. The summed E-state index contributed by atoms with van der Waals surface area (Å²) in [6, 6.07) is 10.4. The van der Waals surface area contributed by atoms with Crippen molar-refractivity contribution in [3.05, 3.63) is 36.5 Å². The summed E-state index contributed by atoms with van der Waals surface area (Å²) in [5.74, 6) is 0. The van der Waals surface area contributed by atoms with E-state index in [1.165, 1.54) is 5.39 Å². The van der Waals surface area contributed by atoms with Crippen molar-refractivity contribution in [1.82, 2.24) is 9.88 Å². The van der Waals surface area contributed by atoms with Gasteiger partial charge in [-0.05, 0) is 38.2 Å². The van der Waals surface area contributed by atoms with Gasteiger partial charge in [0.25, 0.3) is 0 Å². The molecule has 2 aromatic rings. The molecule has 3 nitrogen and oxygen atoms in total. The predicted molar refractivity (Wildman–Crippen MR) is 82.6 cm³/mol. The van der Waals surface area contributed by atoms with Crippen molar-refractivity contribution in [1.29, 1.82) is 0 Å². The van der Waals surface area contributed by atoms with Crippen molar-refractivity contribution >= 4 is 16.6 Å². The van der Waals surface area contributed by atoms with E-state index in [1.54, 1.807) is 0 Å². The Bertz CT molecular complexity index is 501. The minimum Gasteiger partial charge on any atom is -0.383 e. The van der Waals surface area contributed by atoms with E-state index in [0.717, 1.165) is 43.8 Å². The van der Waals surface area contributed by atoms with Crippen LogP contribution in [-0.2, 0) is 0 Å². The smallest absolute Gasteiger partial charge is 0.0933 e. The van der Waals surface area contributed by atoms with Crippen LogP contribution in [0, 0.1) is 0 Å². The summed E-state index contributed by atoms with van der Waals surface area (Å²) in [5, 5.41) is 4.69. The molecular weight excluding hydrogens is 234 g/mol. The molecule has 1 aromatic heterocycles. The molecule has 0 radical (unpaired) electrons. The van der Waals surface area contributed by atoms with E-state index in [1.807, 2.05) is 12.3 Å². The first-order chi connectivity index (χ1) is 9.35. The fourth-order valence-electron chi connectivity index (χ4n) is 2.31. The molecule has 0 aliphatic carbocycles. The molecular formula is C16H23N3. The van der Waals surface area contributed by atoms with Gasteiger partial charge in [-0.1, -0.05) is 32.0 Å². The third kappa shape index (κ3) is 3.67. The first-order valence-electron chi connectivity index (χ1n) is 7.15. The van der Waals surface area contributed by atoms with Gasteiger partial charge in [0.15, 0.2) is 0 Å². The molecule has 0 saturated carbocycles. The lowest BCUT2D eigenvalue weighted by atomic mass is 10.2. The number of fused-ring (bicyclic) bond motifs is 1. The quantitative estimate of drug-likeness (QED) is 0.771. The van der Waals surface area contributed by atoms with Crippen molar-refractivity contribution in [2.45, 2.75) is 20.3 Å². The van der Waals surface area contributed by atoms with Crippen molar-refractivity contribution in [2.24, 2.45) is 0 Å². The maximum atomic E-state index is 4.45. The molecule has 1 aromatic carbocycles. The number of hydrogen-bond acceptors (Lipinski definition) is 3. The summed E-state index contributed by atoms with van der Waals surface area (Å²) in [5.41, 5.74) is 2.20. The summed E-state index contributed by atoms with van der Waals surface area (Å²) in [4.78, 5) is 6.90. The molecule has 1 heterocycles. The van der Waals surface area contributed by atoms with Crippen LogP contribution >= 0.6 is 0 Å². The highest BCUT2D eigenvalue weighted by Crippen LogP contribution is 2.20. The van der Waals surface area contributed by atoms with Crippen LogP contribution in [0.25, 0.3) is 10.9 Å². The number of anilines is 1. The number of aromatic nitrogens is 1. The number of hydrogen-bond donors (Lipinski definition) is 1. The third-order valence-electron chi connectivity index (χ3n) is 3.49. The van der Waals surface area contributed by atoms with Crippen LogP contribution in [0.2, 0.25) is 0 Å². The average Bonchev–Trinajstić information content (AvgIpc) is 2.47. The molecule has 0 atom stereocenters. The molecule has 3 heteroatoms. The standard InChI is InChI=1S/C16H23N3/c1-3-19(4-2)13-7-12-17-15-10-5-8-14-9-6-11-18-16(14)15/h5-6,8-11,17H,3-4,7,12-13H2,1-2H3. The molecule has 2 rings (SSSR count). The van der Waals surface area contributed by atoms with E-state index in [2.05, 4.69) is 53.3 Å². The number of para-hydroxylation sites is 1. The largest absolute Gasteiger partial charge is 0.383 e. The van der Waals surface area contributed by atoms with E-state index in [0.29, 0.717) is 0 Å². The van der Waals surface area contributed by atoms with Gasteiger partial charge in [-0.25, -0.2) is 0 Å². The van der Waals surface area contributed by atoms with Crippen LogP contribution in [0.3, 0.4) is 0 Å². The van der Waals surface area contributed by atoms with Crippen LogP contribution in [0.15, 0.2) is 36.5 Å². The van der Waals surface area contributed by atoms with Crippen LogP contribution in [0.5, 0.6) is 0 Å². The molecule has 0 saturated heterocycles. The Morgan fingerprint density at radius 2 is 1.89 bits per heavy atom. The molecule has 102 valence electrons. The van der Waals surface area contributed by atoms with Crippen LogP contribution in [0.4, 0.5) is 5.69 Å². The fourth-order valence-corrected chi connectivity index (χ4v) is 2.31. The minimum atomic E-state index is 0.992. The number of nitrogens with one attached hydrogen (secondary N) is 1. The SMILES string of the molecule is CCN(CC)CCCNc1cccc2cccnc12. The van der Waals surface area contributed by atoms with Gasteiger partial charge in [-0.3, -0.25) is 4.98 Å². The first kappa shape index (κ1) is 13.8. The van der Waals surface area contributed by atoms with E-state index in [4.69, 9.17) is 0 Å². The van der Waals surface area contributed by atoms with E-state index in [9.17, 15) is 0 Å². The predicted octanol–water partition coefficient (Wildman–Crippen LogP) is 3.38. The van der Waals surface area contributed by atoms with Crippen molar-refractivity contribution in [2.75, 3.05) is 31.5 Å². The first-order valence-corrected chi connectivity index (χ1v) is 7.15. The van der Waals surface area contributed by atoms with Gasteiger partial charge in [0.05, 0.1) is 11.2 Å². The molecule has 19 heavy (non-hydrogen) atoms. The van der Waals surface area contributed by atoms with Gasteiger partial charge < -0.3 is 10.2 Å². The maximum Gasteiger partial charge on any atom is 0.0933 e. The van der Waals surface area contributed by atoms with Crippen molar-refractivity contribution in [3.63, 3.8) is 0 Å². The fraction of sp³-hybridized carbons (Fsp3) is 0.438. The normalized spacial score (nSPS) is 11.1. The van der Waals surface area contributed by atoms with Crippen LogP contribution < -0.4 is 5.32 Å². The monoisotopic (exact) mass is 257 g/mol. The average molecular weight is 257 g/mol. The Morgan fingerprint density at radius 1 is 1.11 bits per heavy atom. The zero-order valence-corrected chi connectivity index (χ0v) is 11.9. The Labute approximate surface area is 115 Å². The van der Waals surface area contributed by atoms with Gasteiger partial charge in [0, 0.05) is 18.1 Å². The molecule has 1 N–H and O–H groups in total. The topological polar surface area (TPSA) is 28.2 Å². The number of nitrogens with zero attached hydrogens (tertiary/aromatic N) is 2. The summed E-state index contributed by atoms with van der Waals surface area (Å²) >= 11 is 0. The highest BCUT2D eigenvalue weighted by atomic mass is 15.1. The molecule has 0 unspecified atom stereocenters. The lowest BCUT2D eigenvalue weighted by Crippen LogP contribution is -2.25. The van der Waals surface area contributed by atoms with Gasteiger partial charge in [0.1, 0.15) is 0 Å². The summed E-state index contributed by atoms with van der Waals surface area (Å²) in [6.07, 6.45) is 3.01. The summed E-state index contributed by atoms with van der Waals surface area (Å²) in [7, 11) is 0. The Hall–Kier alpha value is -1.61. The molecule has 0 fully saturated rings. The van der Waals surface area contributed by atoms with E-state index in [-0.39, 0.29) is 0 Å². The third-order valence-corrected chi connectivity index (χ3v) is 3.49. The summed E-state index contributed by atoms with van der Waals surface area (Å²) in [6.45, 7) is 8.83. The summed E-state index contributed by atoms with van der Waals surface area (Å²) < 4.78 is 0. The van der Waals surface area contributed by atoms with Gasteiger partial charge in [-0.2, -0.15) is 0 Å². The van der Waals surface area contributed by atoms with Gasteiger partial charge in [-0.15, -0.1) is 0 Å². The molecule has 0 aliphatic heterocycles. The van der Waals surface area contributed by atoms with Crippen molar-refractivity contribution < 1.29 is 0 Å². The van der Waals surface area contributed by atoms with Gasteiger partial charge >= 0.3 is 0 Å². The van der Waals surface area contributed by atoms with Crippen LogP contribution in [-0.4, -0.2) is 36.1 Å². The Morgan fingerprint density at radius 3 is 2.68 bits per heavy atom. The lowest BCUT2D eigenvalue weighted by Gasteiger charge is -2.18. The van der Waals surface area contributed by atoms with Crippen molar-refractivity contribution in [3.8, 4) is 0 Å². The van der Waals surface area contributed by atoms with Crippen LogP contribution in [0.1, 0.15) is 20.3 Å². The number of benzene rings is 1. The highest BCUT2D eigenvalue weighted by Gasteiger charge is 2.01. The Balaban J connectivity index is 1.91. The van der Waals surface area contributed by atoms with E-state index < -0.39 is 0 Å². The second-order valence-corrected chi connectivity index (χ2v) is 4.69. The lowest BCUT2D eigenvalue weighted by molar-refractivity contribution is 0.303. The van der Waals surface area contributed by atoms with E-state index >= 15 is 0 Å². The molecule has 0 aliphatic rings. The minimum absolute atomic E-state index is 0.992. The number of rotatable bonds is 7. The second-order valence-electron chi connectivity index (χ2n) is 4.69. The maximum absolute atomic E-state index is 4.45.